The molecule has 0 atom stereocenters. The zero-order valence-corrected chi connectivity index (χ0v) is 10.9. The molecular formula is C13H17N3O3. The Morgan fingerprint density at radius 1 is 1.37 bits per heavy atom. The van der Waals surface area contributed by atoms with Crippen LogP contribution >= 0.6 is 0 Å². The van der Waals surface area contributed by atoms with E-state index in [0.29, 0.717) is 23.7 Å². The lowest BCUT2D eigenvalue weighted by Crippen LogP contribution is -2.28. The number of carbonyl (C=O) groups is 2. The van der Waals surface area contributed by atoms with Crippen LogP contribution in [0.15, 0.2) is 30.9 Å². The normalized spacial score (nSPS) is 9.37. The number of benzene rings is 1. The number of hydrogen-bond donors (Lipinski definition) is 3. The molecule has 0 bridgehead atoms. The average Bonchev–Trinajstić information content (AvgIpc) is 2.37. The molecule has 102 valence electrons. The molecule has 6 heteroatoms. The lowest BCUT2D eigenvalue weighted by molar-refractivity contribution is -0.114. The summed E-state index contributed by atoms with van der Waals surface area (Å²) in [6.45, 7) is 5.30. The van der Waals surface area contributed by atoms with E-state index in [1.165, 1.54) is 14.0 Å². The van der Waals surface area contributed by atoms with E-state index in [1.807, 2.05) is 0 Å². The zero-order chi connectivity index (χ0) is 14.3. The summed E-state index contributed by atoms with van der Waals surface area (Å²) in [4.78, 5) is 22.5. The van der Waals surface area contributed by atoms with Gasteiger partial charge in [0, 0.05) is 25.2 Å². The monoisotopic (exact) mass is 263 g/mol. The summed E-state index contributed by atoms with van der Waals surface area (Å²) in [5.41, 5.74) is 1.11. The number of nitrogens with one attached hydrogen (secondary N) is 3. The molecule has 3 amide bonds. The van der Waals surface area contributed by atoms with Crippen molar-refractivity contribution in [2.75, 3.05) is 24.3 Å². The summed E-state index contributed by atoms with van der Waals surface area (Å²) in [7, 11) is 1.49. The van der Waals surface area contributed by atoms with Crippen molar-refractivity contribution in [1.29, 1.82) is 0 Å². The van der Waals surface area contributed by atoms with Crippen LogP contribution in [0.1, 0.15) is 6.92 Å². The van der Waals surface area contributed by atoms with Gasteiger partial charge in [-0.15, -0.1) is 6.58 Å². The molecule has 0 saturated heterocycles. The number of methoxy groups -OCH3 is 1. The van der Waals surface area contributed by atoms with E-state index in [1.54, 1.807) is 24.3 Å². The highest BCUT2D eigenvalue weighted by Crippen LogP contribution is 2.27. The van der Waals surface area contributed by atoms with Crippen molar-refractivity contribution in [1.82, 2.24) is 5.32 Å². The SMILES string of the molecule is C=CCNC(=O)Nc1ccc(NC(C)=O)c(OC)c1. The van der Waals surface area contributed by atoms with Crippen molar-refractivity contribution in [2.45, 2.75) is 6.92 Å². The highest BCUT2D eigenvalue weighted by atomic mass is 16.5. The van der Waals surface area contributed by atoms with Gasteiger partial charge in [-0.2, -0.15) is 0 Å². The minimum Gasteiger partial charge on any atom is -0.494 e. The van der Waals surface area contributed by atoms with E-state index in [9.17, 15) is 9.59 Å². The minimum atomic E-state index is -0.339. The highest BCUT2D eigenvalue weighted by Gasteiger charge is 2.07. The fourth-order valence-corrected chi connectivity index (χ4v) is 1.40. The molecule has 3 N–H and O–H groups in total. The molecule has 0 fully saturated rings. The maximum Gasteiger partial charge on any atom is 0.319 e. The molecule has 19 heavy (non-hydrogen) atoms. The lowest BCUT2D eigenvalue weighted by Gasteiger charge is -2.12. The van der Waals surface area contributed by atoms with Gasteiger partial charge in [0.25, 0.3) is 0 Å². The molecule has 1 rings (SSSR count). The van der Waals surface area contributed by atoms with Gasteiger partial charge in [0.05, 0.1) is 12.8 Å². The molecule has 0 aliphatic heterocycles. The summed E-state index contributed by atoms with van der Waals surface area (Å²) in [6.07, 6.45) is 1.58. The van der Waals surface area contributed by atoms with Crippen molar-refractivity contribution in [3.8, 4) is 5.75 Å². The van der Waals surface area contributed by atoms with E-state index in [-0.39, 0.29) is 11.9 Å². The van der Waals surface area contributed by atoms with Crippen LogP contribution in [0, 0.1) is 0 Å². The van der Waals surface area contributed by atoms with Crippen LogP contribution in [0.3, 0.4) is 0 Å². The van der Waals surface area contributed by atoms with E-state index < -0.39 is 0 Å². The van der Waals surface area contributed by atoms with E-state index in [2.05, 4.69) is 22.5 Å². The first-order valence-corrected chi connectivity index (χ1v) is 5.68. The first-order chi connectivity index (χ1) is 9.06. The number of rotatable bonds is 5. The zero-order valence-electron chi connectivity index (χ0n) is 10.9. The molecule has 0 aromatic heterocycles. The van der Waals surface area contributed by atoms with Crippen LogP contribution in [0.5, 0.6) is 5.75 Å². The quantitative estimate of drug-likeness (QED) is 0.710. The third-order valence-corrected chi connectivity index (χ3v) is 2.18. The van der Waals surface area contributed by atoms with Crippen molar-refractivity contribution in [3.05, 3.63) is 30.9 Å². The summed E-state index contributed by atoms with van der Waals surface area (Å²) in [6, 6.07) is 4.61. The summed E-state index contributed by atoms with van der Waals surface area (Å²) >= 11 is 0. The number of urea groups is 1. The van der Waals surface area contributed by atoms with Gasteiger partial charge in [-0.1, -0.05) is 6.08 Å². The van der Waals surface area contributed by atoms with Crippen LogP contribution in [-0.4, -0.2) is 25.6 Å². The lowest BCUT2D eigenvalue weighted by atomic mass is 10.2. The molecule has 1 aromatic rings. The number of hydrogen-bond acceptors (Lipinski definition) is 3. The largest absolute Gasteiger partial charge is 0.494 e. The van der Waals surface area contributed by atoms with Gasteiger partial charge in [0.1, 0.15) is 5.75 Å². The average molecular weight is 263 g/mol. The van der Waals surface area contributed by atoms with Gasteiger partial charge in [-0.05, 0) is 12.1 Å². The maximum atomic E-state index is 11.5. The Balaban J connectivity index is 2.78. The molecule has 0 heterocycles. The Morgan fingerprint density at radius 2 is 2.11 bits per heavy atom. The second-order valence-corrected chi connectivity index (χ2v) is 3.72. The van der Waals surface area contributed by atoms with E-state index >= 15 is 0 Å². The Hall–Kier alpha value is -2.50. The standard InChI is InChI=1S/C13H17N3O3/c1-4-7-14-13(18)16-10-5-6-11(15-9(2)17)12(8-10)19-3/h4-6,8H,1,7H2,2-3H3,(H,15,17)(H2,14,16,18). The molecule has 6 nitrogen and oxygen atoms in total. The second kappa shape index (κ2) is 7.05. The molecule has 0 saturated carbocycles. The Kier molecular flexibility index (Phi) is 5.40. The molecule has 0 radical (unpaired) electrons. The van der Waals surface area contributed by atoms with Gasteiger partial charge >= 0.3 is 6.03 Å². The minimum absolute atomic E-state index is 0.192. The molecule has 0 aliphatic rings. The van der Waals surface area contributed by atoms with Gasteiger partial charge in [-0.3, -0.25) is 4.79 Å². The van der Waals surface area contributed by atoms with Crippen LogP contribution in [0.25, 0.3) is 0 Å². The predicted octanol–water partition coefficient (Wildman–Crippen LogP) is 1.96. The predicted molar refractivity (Wildman–Crippen MR) is 74.5 cm³/mol. The Morgan fingerprint density at radius 3 is 2.68 bits per heavy atom. The molecule has 0 spiro atoms. The summed E-state index contributed by atoms with van der Waals surface area (Å²) in [5.74, 6) is 0.277. The smallest absolute Gasteiger partial charge is 0.319 e. The molecule has 0 unspecified atom stereocenters. The Bertz CT molecular complexity index is 486. The van der Waals surface area contributed by atoms with E-state index in [4.69, 9.17) is 4.74 Å². The summed E-state index contributed by atoms with van der Waals surface area (Å²) in [5, 5.41) is 7.86. The van der Waals surface area contributed by atoms with Crippen molar-refractivity contribution >= 4 is 23.3 Å². The number of amides is 3. The van der Waals surface area contributed by atoms with Crippen molar-refractivity contribution < 1.29 is 14.3 Å². The Labute approximate surface area is 111 Å². The van der Waals surface area contributed by atoms with E-state index in [0.717, 1.165) is 0 Å². The van der Waals surface area contributed by atoms with Crippen molar-refractivity contribution in [2.24, 2.45) is 0 Å². The van der Waals surface area contributed by atoms with Gasteiger partial charge < -0.3 is 20.7 Å². The van der Waals surface area contributed by atoms with Crippen LogP contribution < -0.4 is 20.7 Å². The fourth-order valence-electron chi connectivity index (χ4n) is 1.40. The third kappa shape index (κ3) is 4.71. The highest BCUT2D eigenvalue weighted by molar-refractivity contribution is 5.93. The van der Waals surface area contributed by atoms with Gasteiger partial charge in [0.2, 0.25) is 5.91 Å². The first-order valence-electron chi connectivity index (χ1n) is 5.68. The van der Waals surface area contributed by atoms with Crippen LogP contribution in [0.4, 0.5) is 16.2 Å². The molecular weight excluding hydrogens is 246 g/mol. The maximum absolute atomic E-state index is 11.5. The van der Waals surface area contributed by atoms with Crippen molar-refractivity contribution in [3.63, 3.8) is 0 Å². The first kappa shape index (κ1) is 14.6. The number of anilines is 2. The molecule has 1 aromatic carbocycles. The van der Waals surface area contributed by atoms with Crippen LogP contribution in [0.2, 0.25) is 0 Å². The second-order valence-electron chi connectivity index (χ2n) is 3.72. The fraction of sp³-hybridized carbons (Fsp3) is 0.231. The number of carbonyl (C=O) groups excluding carboxylic acids is 2. The third-order valence-electron chi connectivity index (χ3n) is 2.18. The molecule has 0 aliphatic carbocycles. The number of ether oxygens (including phenoxy) is 1. The van der Waals surface area contributed by atoms with Gasteiger partial charge in [-0.25, -0.2) is 4.79 Å². The van der Waals surface area contributed by atoms with Gasteiger partial charge in [0.15, 0.2) is 0 Å². The van der Waals surface area contributed by atoms with Crippen LogP contribution in [-0.2, 0) is 4.79 Å². The topological polar surface area (TPSA) is 79.5 Å². The summed E-state index contributed by atoms with van der Waals surface area (Å²) < 4.78 is 5.15.